The Morgan fingerprint density at radius 1 is 0.885 bits per heavy atom. The zero-order chi connectivity index (χ0) is 17.9. The zero-order valence-corrected chi connectivity index (χ0v) is 14.8. The molecule has 1 aromatic rings. The normalized spacial score (nSPS) is 20.3. The van der Waals surface area contributed by atoms with E-state index in [0.29, 0.717) is 26.2 Å². The molecule has 0 bridgehead atoms. The largest absolute Gasteiger partial charge is 0.454 e. The minimum Gasteiger partial charge on any atom is -0.454 e. The van der Waals surface area contributed by atoms with E-state index in [0.717, 1.165) is 49.8 Å². The van der Waals surface area contributed by atoms with Crippen LogP contribution in [-0.2, 0) is 16.1 Å². The molecule has 0 atom stereocenters. The Morgan fingerprint density at radius 2 is 1.54 bits per heavy atom. The molecule has 140 valence electrons. The number of hydrogen-bond acceptors (Lipinski definition) is 6. The lowest BCUT2D eigenvalue weighted by atomic mass is 10.1. The number of nitrogens with one attached hydrogen (secondary N) is 1. The Balaban J connectivity index is 1.28. The maximum atomic E-state index is 12.5. The summed E-state index contributed by atoms with van der Waals surface area (Å²) >= 11 is 0. The van der Waals surface area contributed by atoms with Crippen LogP contribution in [0.3, 0.4) is 0 Å². The molecule has 2 saturated heterocycles. The number of piperazine rings is 2. The van der Waals surface area contributed by atoms with Crippen molar-refractivity contribution < 1.29 is 19.1 Å². The maximum Gasteiger partial charge on any atom is 0.312 e. The van der Waals surface area contributed by atoms with Crippen LogP contribution < -0.4 is 14.8 Å². The van der Waals surface area contributed by atoms with E-state index in [4.69, 9.17) is 9.47 Å². The van der Waals surface area contributed by atoms with E-state index in [9.17, 15) is 9.59 Å². The topological polar surface area (TPSA) is 74.4 Å². The SMILES string of the molecule is O=C(C(=O)N1CCN(Cc2ccc3c(c2)OCO3)CC1)N1CCNCC1. The summed E-state index contributed by atoms with van der Waals surface area (Å²) in [5, 5.41) is 3.19. The monoisotopic (exact) mass is 360 g/mol. The Bertz CT molecular complexity index is 682. The average Bonchev–Trinajstić information content (AvgIpc) is 3.16. The molecule has 0 spiro atoms. The first-order valence-electron chi connectivity index (χ1n) is 9.10. The molecule has 0 unspecified atom stereocenters. The predicted octanol–water partition coefficient (Wildman–Crippen LogP) is -0.509. The molecule has 0 aromatic heterocycles. The molecule has 1 N–H and O–H groups in total. The number of carbonyl (C=O) groups excluding carboxylic acids is 2. The van der Waals surface area contributed by atoms with Gasteiger partial charge in [0.05, 0.1) is 0 Å². The summed E-state index contributed by atoms with van der Waals surface area (Å²) in [6, 6.07) is 5.98. The zero-order valence-electron chi connectivity index (χ0n) is 14.8. The molecule has 0 aliphatic carbocycles. The molecule has 3 heterocycles. The third kappa shape index (κ3) is 3.61. The van der Waals surface area contributed by atoms with E-state index in [1.165, 1.54) is 0 Å². The van der Waals surface area contributed by atoms with Crippen molar-refractivity contribution in [1.82, 2.24) is 20.0 Å². The lowest BCUT2D eigenvalue weighted by molar-refractivity contribution is -0.153. The highest BCUT2D eigenvalue weighted by atomic mass is 16.7. The summed E-state index contributed by atoms with van der Waals surface area (Å²) in [5.41, 5.74) is 1.16. The van der Waals surface area contributed by atoms with E-state index < -0.39 is 0 Å². The minimum atomic E-state index is -0.366. The summed E-state index contributed by atoms with van der Waals surface area (Å²) in [4.78, 5) is 30.4. The molecule has 0 radical (unpaired) electrons. The number of hydrogen-bond donors (Lipinski definition) is 1. The number of nitrogens with zero attached hydrogens (tertiary/aromatic N) is 3. The van der Waals surface area contributed by atoms with Crippen LogP contribution in [0.25, 0.3) is 0 Å². The number of fused-ring (bicyclic) bond motifs is 1. The third-order valence-corrected chi connectivity index (χ3v) is 5.09. The fourth-order valence-electron chi connectivity index (χ4n) is 3.55. The molecule has 2 fully saturated rings. The second kappa shape index (κ2) is 7.51. The van der Waals surface area contributed by atoms with Gasteiger partial charge in [-0.3, -0.25) is 14.5 Å². The van der Waals surface area contributed by atoms with Crippen molar-refractivity contribution in [1.29, 1.82) is 0 Å². The van der Waals surface area contributed by atoms with Gasteiger partial charge in [0.2, 0.25) is 6.79 Å². The Hall–Kier alpha value is -2.32. The first kappa shape index (κ1) is 17.1. The van der Waals surface area contributed by atoms with E-state index >= 15 is 0 Å². The lowest BCUT2D eigenvalue weighted by Crippen LogP contribution is -2.55. The van der Waals surface area contributed by atoms with Crippen LogP contribution in [0.15, 0.2) is 18.2 Å². The average molecular weight is 360 g/mol. The Morgan fingerprint density at radius 3 is 2.27 bits per heavy atom. The number of ether oxygens (including phenoxy) is 2. The number of carbonyl (C=O) groups is 2. The maximum absolute atomic E-state index is 12.5. The molecule has 0 saturated carbocycles. The van der Waals surface area contributed by atoms with Gasteiger partial charge in [0.1, 0.15) is 0 Å². The van der Waals surface area contributed by atoms with Crippen LogP contribution in [0.2, 0.25) is 0 Å². The van der Waals surface area contributed by atoms with Gasteiger partial charge in [-0.25, -0.2) is 0 Å². The van der Waals surface area contributed by atoms with Crippen molar-refractivity contribution in [2.24, 2.45) is 0 Å². The molecule has 8 heteroatoms. The Kier molecular flexibility index (Phi) is 4.94. The molecule has 4 rings (SSSR count). The Labute approximate surface area is 152 Å². The number of amides is 2. The van der Waals surface area contributed by atoms with Crippen molar-refractivity contribution in [2.45, 2.75) is 6.54 Å². The van der Waals surface area contributed by atoms with Gasteiger partial charge in [0.15, 0.2) is 11.5 Å². The van der Waals surface area contributed by atoms with Gasteiger partial charge < -0.3 is 24.6 Å². The smallest absolute Gasteiger partial charge is 0.312 e. The van der Waals surface area contributed by atoms with Gasteiger partial charge in [-0.1, -0.05) is 6.07 Å². The van der Waals surface area contributed by atoms with Crippen molar-refractivity contribution in [2.75, 3.05) is 59.2 Å². The summed E-state index contributed by atoms with van der Waals surface area (Å²) in [6.07, 6.45) is 0. The molecule has 3 aliphatic rings. The first-order chi connectivity index (χ1) is 12.7. The van der Waals surface area contributed by atoms with Crippen LogP contribution in [0.4, 0.5) is 0 Å². The van der Waals surface area contributed by atoms with Crippen molar-refractivity contribution in [3.05, 3.63) is 23.8 Å². The fraction of sp³-hybridized carbons (Fsp3) is 0.556. The highest BCUT2D eigenvalue weighted by Gasteiger charge is 2.30. The number of rotatable bonds is 2. The van der Waals surface area contributed by atoms with Crippen LogP contribution in [0.5, 0.6) is 11.5 Å². The van der Waals surface area contributed by atoms with Gasteiger partial charge in [0.25, 0.3) is 0 Å². The summed E-state index contributed by atoms with van der Waals surface area (Å²) in [5.74, 6) is 0.846. The van der Waals surface area contributed by atoms with Crippen molar-refractivity contribution >= 4 is 11.8 Å². The molecule has 1 aromatic carbocycles. The molecule has 8 nitrogen and oxygen atoms in total. The van der Waals surface area contributed by atoms with Crippen LogP contribution in [0.1, 0.15) is 5.56 Å². The molecule has 3 aliphatic heterocycles. The summed E-state index contributed by atoms with van der Waals surface area (Å²) < 4.78 is 10.8. The van der Waals surface area contributed by atoms with E-state index in [1.807, 2.05) is 18.2 Å². The molecular weight excluding hydrogens is 336 g/mol. The van der Waals surface area contributed by atoms with Crippen LogP contribution in [0, 0.1) is 0 Å². The van der Waals surface area contributed by atoms with E-state index in [-0.39, 0.29) is 18.6 Å². The summed E-state index contributed by atoms with van der Waals surface area (Å²) in [7, 11) is 0. The fourth-order valence-corrected chi connectivity index (χ4v) is 3.55. The highest BCUT2D eigenvalue weighted by Crippen LogP contribution is 2.32. The van der Waals surface area contributed by atoms with Gasteiger partial charge >= 0.3 is 11.8 Å². The third-order valence-electron chi connectivity index (χ3n) is 5.09. The molecule has 26 heavy (non-hydrogen) atoms. The van der Waals surface area contributed by atoms with Gasteiger partial charge in [-0.2, -0.15) is 0 Å². The second-order valence-corrected chi connectivity index (χ2v) is 6.80. The van der Waals surface area contributed by atoms with Gasteiger partial charge in [0, 0.05) is 58.9 Å². The predicted molar refractivity (Wildman–Crippen MR) is 93.9 cm³/mol. The van der Waals surface area contributed by atoms with Crippen molar-refractivity contribution in [3.8, 4) is 11.5 Å². The standard InChI is InChI=1S/C18H24N4O4/c23-17(21-5-3-19-4-6-21)18(24)22-9-7-20(8-10-22)12-14-1-2-15-16(11-14)26-13-25-15/h1-2,11,19H,3-10,12-13H2. The first-order valence-corrected chi connectivity index (χ1v) is 9.10. The van der Waals surface area contributed by atoms with E-state index in [2.05, 4.69) is 10.2 Å². The summed E-state index contributed by atoms with van der Waals surface area (Å²) in [6.45, 7) is 6.48. The molecule has 2 amide bonds. The van der Waals surface area contributed by atoms with Crippen molar-refractivity contribution in [3.63, 3.8) is 0 Å². The minimum absolute atomic E-state index is 0.278. The van der Waals surface area contributed by atoms with Crippen LogP contribution in [-0.4, -0.2) is 85.7 Å². The van der Waals surface area contributed by atoms with Gasteiger partial charge in [-0.15, -0.1) is 0 Å². The second-order valence-electron chi connectivity index (χ2n) is 6.80. The van der Waals surface area contributed by atoms with Gasteiger partial charge in [-0.05, 0) is 17.7 Å². The number of benzene rings is 1. The quantitative estimate of drug-likeness (QED) is 0.717. The molecular formula is C18H24N4O4. The van der Waals surface area contributed by atoms with E-state index in [1.54, 1.807) is 9.80 Å². The lowest BCUT2D eigenvalue weighted by Gasteiger charge is -2.36. The highest BCUT2D eigenvalue weighted by molar-refractivity contribution is 6.34. The van der Waals surface area contributed by atoms with Crippen LogP contribution >= 0.6 is 0 Å².